The first-order chi connectivity index (χ1) is 10.5. The van der Waals surface area contributed by atoms with Gasteiger partial charge >= 0.3 is 23.1 Å². The molecule has 0 heterocycles. The smallest absolute Gasteiger partial charge is 0.545 e. The number of hydrogen-bond donors (Lipinski definition) is 0. The average Bonchev–Trinajstić information content (AvgIpc) is 2.55. The monoisotopic (exact) mass is 318 g/mol. The molecule has 0 amide bonds. The molecule has 4 nitrogen and oxygen atoms in total. The van der Waals surface area contributed by atoms with Crippen molar-refractivity contribution in [3.8, 4) is 0 Å². The van der Waals surface area contributed by atoms with Gasteiger partial charge in [-0.3, -0.25) is 0 Å². The molecule has 0 saturated carbocycles. The van der Waals surface area contributed by atoms with Crippen LogP contribution in [-0.2, 0) is 0 Å². The molecule has 0 fully saturated rings. The Bertz CT molecular complexity index is 612. The number of carbonyl (C=O) groups excluding carboxylic acids is 2. The number of carbonyl (C=O) groups is 2. The van der Waals surface area contributed by atoms with Gasteiger partial charge in [-0.25, -0.2) is 0 Å². The Morgan fingerprint density at radius 1 is 0.696 bits per heavy atom. The number of carboxylic acids is 2. The van der Waals surface area contributed by atoms with E-state index in [2.05, 4.69) is 13.2 Å². The molecule has 0 aliphatic heterocycles. The molecule has 0 aliphatic rings. The van der Waals surface area contributed by atoms with Crippen LogP contribution in [0.1, 0.15) is 31.8 Å². The van der Waals surface area contributed by atoms with Gasteiger partial charge in [0.1, 0.15) is 0 Å². The van der Waals surface area contributed by atoms with E-state index in [1.807, 2.05) is 0 Å². The van der Waals surface area contributed by atoms with Crippen molar-refractivity contribution in [3.05, 3.63) is 83.9 Å². The molecule has 23 heavy (non-hydrogen) atoms. The van der Waals surface area contributed by atoms with E-state index in [-0.39, 0.29) is 34.2 Å². The normalized spacial score (nSPS) is 8.70. The molecule has 0 spiro atoms. The van der Waals surface area contributed by atoms with Crippen LogP contribution in [0.15, 0.2) is 61.7 Å². The molecule has 0 bridgehead atoms. The summed E-state index contributed by atoms with van der Waals surface area (Å²) in [4.78, 5) is 20.5. The Hall–Kier alpha value is -2.37. The molecule has 5 heteroatoms. The van der Waals surface area contributed by atoms with Crippen LogP contribution in [-0.4, -0.2) is 35.0 Å². The zero-order valence-electron chi connectivity index (χ0n) is 12.5. The second-order valence-corrected chi connectivity index (χ2v) is 4.23. The predicted octanol–water partition coefficient (Wildman–Crippen LogP) is 1.01. The molecule has 0 saturated heterocycles. The third kappa shape index (κ3) is 6.95. The molecular weight excluding hydrogens is 304 g/mol. The van der Waals surface area contributed by atoms with Gasteiger partial charge in [-0.2, -0.15) is 0 Å². The van der Waals surface area contributed by atoms with Crippen molar-refractivity contribution in [1.29, 1.82) is 0 Å². The molecular formula is C18H14MgO4. The summed E-state index contributed by atoms with van der Waals surface area (Å²) in [5.41, 5.74) is 2.18. The topological polar surface area (TPSA) is 80.3 Å². The summed E-state index contributed by atoms with van der Waals surface area (Å²) in [5.74, 6) is -2.30. The number of rotatable bonds is 4. The standard InChI is InChI=1S/2C9H8O2.Mg/c2*1-2-7-3-5-8(6-4-7)9(10)11;/h2*2-6H,1H2,(H,10,11);/q;;+2/p-2. The summed E-state index contributed by atoms with van der Waals surface area (Å²) in [6.07, 6.45) is 3.30. The molecule has 0 aliphatic carbocycles. The van der Waals surface area contributed by atoms with E-state index in [1.165, 1.54) is 24.3 Å². The van der Waals surface area contributed by atoms with Crippen LogP contribution in [0, 0.1) is 0 Å². The number of carboxylic acid groups (broad SMARTS) is 2. The summed E-state index contributed by atoms with van der Waals surface area (Å²) >= 11 is 0. The van der Waals surface area contributed by atoms with Crippen LogP contribution in [0.3, 0.4) is 0 Å². The van der Waals surface area contributed by atoms with Crippen molar-refractivity contribution in [2.24, 2.45) is 0 Å². The Labute approximate surface area is 150 Å². The molecule has 2 rings (SSSR count). The van der Waals surface area contributed by atoms with Gasteiger partial charge in [0.25, 0.3) is 0 Å². The van der Waals surface area contributed by atoms with E-state index in [1.54, 1.807) is 36.4 Å². The van der Waals surface area contributed by atoms with E-state index >= 15 is 0 Å². The van der Waals surface area contributed by atoms with Gasteiger partial charge in [0, 0.05) is 0 Å². The van der Waals surface area contributed by atoms with Gasteiger partial charge < -0.3 is 19.8 Å². The quantitative estimate of drug-likeness (QED) is 0.788. The van der Waals surface area contributed by atoms with Gasteiger partial charge in [0.15, 0.2) is 0 Å². The summed E-state index contributed by atoms with van der Waals surface area (Å²) in [6.45, 7) is 7.08. The van der Waals surface area contributed by atoms with E-state index in [0.29, 0.717) is 0 Å². The maximum Gasteiger partial charge on any atom is 2.00 e. The van der Waals surface area contributed by atoms with E-state index in [9.17, 15) is 19.8 Å². The average molecular weight is 319 g/mol. The van der Waals surface area contributed by atoms with Crippen LogP contribution >= 0.6 is 0 Å². The fourth-order valence-electron chi connectivity index (χ4n) is 1.51. The van der Waals surface area contributed by atoms with Gasteiger partial charge in [-0.15, -0.1) is 0 Å². The summed E-state index contributed by atoms with van der Waals surface area (Å²) in [5, 5.41) is 20.5. The molecule has 0 N–H and O–H groups in total. The van der Waals surface area contributed by atoms with E-state index in [4.69, 9.17) is 0 Å². The SMILES string of the molecule is C=Cc1ccc(C(=O)[O-])cc1.C=Cc1ccc(C(=O)[O-])cc1.[Mg+2]. The number of benzene rings is 2. The van der Waals surface area contributed by atoms with Crippen LogP contribution < -0.4 is 10.2 Å². The molecule has 2 aromatic rings. The Kier molecular flexibility index (Phi) is 9.30. The van der Waals surface area contributed by atoms with Crippen molar-refractivity contribution < 1.29 is 19.8 Å². The molecule has 0 radical (unpaired) electrons. The molecule has 0 atom stereocenters. The summed E-state index contributed by atoms with van der Waals surface area (Å²) in [6, 6.07) is 12.7. The number of hydrogen-bond acceptors (Lipinski definition) is 4. The van der Waals surface area contributed by atoms with Gasteiger partial charge in [-0.05, 0) is 22.3 Å². The summed E-state index contributed by atoms with van der Waals surface area (Å²) in [7, 11) is 0. The van der Waals surface area contributed by atoms with Crippen LogP contribution in [0.4, 0.5) is 0 Å². The third-order valence-electron chi connectivity index (χ3n) is 2.76. The fourth-order valence-corrected chi connectivity index (χ4v) is 1.51. The van der Waals surface area contributed by atoms with Crippen molar-refractivity contribution in [2.75, 3.05) is 0 Å². The largest absolute Gasteiger partial charge is 2.00 e. The van der Waals surface area contributed by atoms with E-state index < -0.39 is 11.9 Å². The zero-order chi connectivity index (χ0) is 16.5. The Morgan fingerprint density at radius 2 is 0.957 bits per heavy atom. The van der Waals surface area contributed by atoms with Gasteiger partial charge in [-0.1, -0.05) is 73.8 Å². The zero-order valence-corrected chi connectivity index (χ0v) is 13.9. The van der Waals surface area contributed by atoms with Crippen molar-refractivity contribution in [3.63, 3.8) is 0 Å². The van der Waals surface area contributed by atoms with Crippen LogP contribution in [0.2, 0.25) is 0 Å². The Balaban J connectivity index is 0.000000403. The second kappa shape index (κ2) is 10.4. The third-order valence-corrected chi connectivity index (χ3v) is 2.76. The van der Waals surface area contributed by atoms with Crippen LogP contribution in [0.25, 0.3) is 12.2 Å². The predicted molar refractivity (Wildman–Crippen MR) is 87.5 cm³/mol. The first-order valence-corrected chi connectivity index (χ1v) is 6.35. The first-order valence-electron chi connectivity index (χ1n) is 6.35. The van der Waals surface area contributed by atoms with E-state index in [0.717, 1.165) is 11.1 Å². The minimum Gasteiger partial charge on any atom is -0.545 e. The van der Waals surface area contributed by atoms with Crippen LogP contribution in [0.5, 0.6) is 0 Å². The van der Waals surface area contributed by atoms with Crippen molar-refractivity contribution in [2.45, 2.75) is 0 Å². The Morgan fingerprint density at radius 3 is 1.13 bits per heavy atom. The van der Waals surface area contributed by atoms with Crippen molar-refractivity contribution >= 4 is 47.1 Å². The van der Waals surface area contributed by atoms with Gasteiger partial charge in [0.2, 0.25) is 0 Å². The first kappa shape index (κ1) is 20.6. The summed E-state index contributed by atoms with van der Waals surface area (Å²) < 4.78 is 0. The molecule has 0 aromatic heterocycles. The molecule has 2 aromatic carbocycles. The maximum absolute atomic E-state index is 10.3. The van der Waals surface area contributed by atoms with Gasteiger partial charge in [0.05, 0.1) is 11.9 Å². The van der Waals surface area contributed by atoms with Crippen molar-refractivity contribution in [1.82, 2.24) is 0 Å². The molecule has 112 valence electrons. The number of aromatic carboxylic acids is 2. The minimum absolute atomic E-state index is 0. The fraction of sp³-hybridized carbons (Fsp3) is 0. The molecule has 0 unspecified atom stereocenters. The minimum atomic E-state index is -1.15. The maximum atomic E-state index is 10.3. The second-order valence-electron chi connectivity index (χ2n) is 4.23.